The van der Waals surface area contributed by atoms with Gasteiger partial charge in [0.1, 0.15) is 5.78 Å². The van der Waals surface area contributed by atoms with E-state index in [4.69, 9.17) is 0 Å². The number of ketones is 1. The first-order valence-corrected chi connectivity index (χ1v) is 5.66. The van der Waals surface area contributed by atoms with Crippen LogP contribution in [0.5, 0.6) is 0 Å². The summed E-state index contributed by atoms with van der Waals surface area (Å²) in [6, 6.07) is 0. The van der Waals surface area contributed by atoms with Gasteiger partial charge < -0.3 is 0 Å². The molecule has 1 spiro atoms. The second-order valence-corrected chi connectivity index (χ2v) is 5.65. The molecule has 0 aromatic rings. The van der Waals surface area contributed by atoms with E-state index in [1.165, 1.54) is 25.7 Å². The number of Topliss-reactive ketones (excluding diaryl/α,β-unsaturated/α-hetero) is 1. The van der Waals surface area contributed by atoms with Crippen LogP contribution in [0.15, 0.2) is 0 Å². The van der Waals surface area contributed by atoms with Crippen LogP contribution < -0.4 is 0 Å². The molecule has 3 aliphatic carbocycles. The first-order valence-electron chi connectivity index (χ1n) is 5.66. The quantitative estimate of drug-likeness (QED) is 0.557. The fourth-order valence-corrected chi connectivity index (χ4v) is 4.84. The van der Waals surface area contributed by atoms with Gasteiger partial charge in [0.25, 0.3) is 0 Å². The van der Waals surface area contributed by atoms with Crippen molar-refractivity contribution in [3.63, 3.8) is 0 Å². The molecule has 3 fully saturated rings. The normalized spacial score (nSPS) is 58.8. The van der Waals surface area contributed by atoms with E-state index in [0.29, 0.717) is 22.5 Å². The van der Waals surface area contributed by atoms with E-state index in [0.717, 1.165) is 12.3 Å². The maximum Gasteiger partial charge on any atom is 0.137 e. The molecule has 0 heterocycles. The molecule has 0 aromatic heterocycles. The maximum atomic E-state index is 11.7. The molecule has 72 valence electrons. The minimum absolute atomic E-state index is 0.431. The summed E-state index contributed by atoms with van der Waals surface area (Å²) in [6.07, 6.45) is 6.11. The fourth-order valence-electron chi connectivity index (χ4n) is 4.84. The number of fused-ring (bicyclic) bond motifs is 1. The number of carbonyl (C=O) groups is 1. The smallest absolute Gasteiger partial charge is 0.137 e. The molecule has 13 heavy (non-hydrogen) atoms. The zero-order valence-corrected chi connectivity index (χ0v) is 8.60. The van der Waals surface area contributed by atoms with Gasteiger partial charge in [-0.15, -0.1) is 0 Å². The lowest BCUT2D eigenvalue weighted by molar-refractivity contribution is -0.120. The Labute approximate surface area is 79.9 Å². The van der Waals surface area contributed by atoms with Crippen molar-refractivity contribution in [1.82, 2.24) is 0 Å². The Hall–Kier alpha value is -0.330. The standard InChI is InChI=1S/C12H18O/c1-8-4-3-6-11(2)10-9(13)5-7-12(8,10)11/h8,10H,3-7H2,1-2H3/t8-,10?,11-,12?/m1/s1. The molecule has 3 rings (SSSR count). The molecule has 2 unspecified atom stereocenters. The van der Waals surface area contributed by atoms with Crippen molar-refractivity contribution < 1.29 is 4.79 Å². The molecule has 1 nitrogen and oxygen atoms in total. The first-order chi connectivity index (χ1) is 6.13. The second-order valence-electron chi connectivity index (χ2n) is 5.65. The number of hydrogen-bond acceptors (Lipinski definition) is 1. The number of rotatable bonds is 0. The minimum Gasteiger partial charge on any atom is -0.299 e. The van der Waals surface area contributed by atoms with E-state index in [2.05, 4.69) is 13.8 Å². The monoisotopic (exact) mass is 178 g/mol. The zero-order valence-electron chi connectivity index (χ0n) is 8.60. The summed E-state index contributed by atoms with van der Waals surface area (Å²) in [5.41, 5.74) is 0.905. The van der Waals surface area contributed by atoms with E-state index in [1.54, 1.807) is 0 Å². The highest BCUT2D eigenvalue weighted by Gasteiger charge is 2.80. The molecule has 3 aliphatic rings. The van der Waals surface area contributed by atoms with Gasteiger partial charge in [0, 0.05) is 12.3 Å². The lowest BCUT2D eigenvalue weighted by Gasteiger charge is -2.33. The van der Waals surface area contributed by atoms with Crippen LogP contribution in [0.4, 0.5) is 0 Å². The summed E-state index contributed by atoms with van der Waals surface area (Å²) in [5, 5.41) is 0. The topological polar surface area (TPSA) is 17.1 Å². The Balaban J connectivity index is 2.04. The van der Waals surface area contributed by atoms with Crippen LogP contribution in [0.2, 0.25) is 0 Å². The molecule has 0 radical (unpaired) electrons. The van der Waals surface area contributed by atoms with Crippen LogP contribution >= 0.6 is 0 Å². The molecule has 1 heteroatoms. The molecule has 0 amide bonds. The van der Waals surface area contributed by atoms with Crippen LogP contribution in [-0.4, -0.2) is 5.78 Å². The van der Waals surface area contributed by atoms with Crippen molar-refractivity contribution in [1.29, 1.82) is 0 Å². The van der Waals surface area contributed by atoms with E-state index in [9.17, 15) is 4.79 Å². The highest BCUT2D eigenvalue weighted by atomic mass is 16.1. The van der Waals surface area contributed by atoms with E-state index < -0.39 is 0 Å². The largest absolute Gasteiger partial charge is 0.299 e. The molecular formula is C12H18O. The highest BCUT2D eigenvalue weighted by molar-refractivity contribution is 5.89. The predicted molar refractivity (Wildman–Crippen MR) is 51.3 cm³/mol. The molecule has 3 saturated carbocycles. The predicted octanol–water partition coefficient (Wildman–Crippen LogP) is 2.79. The lowest BCUT2D eigenvalue weighted by Crippen LogP contribution is -2.24. The van der Waals surface area contributed by atoms with Gasteiger partial charge in [0.15, 0.2) is 0 Å². The van der Waals surface area contributed by atoms with Gasteiger partial charge in [-0.05, 0) is 29.6 Å². The average molecular weight is 178 g/mol. The van der Waals surface area contributed by atoms with Crippen LogP contribution in [0.1, 0.15) is 46.0 Å². The van der Waals surface area contributed by atoms with Crippen LogP contribution in [0.25, 0.3) is 0 Å². The van der Waals surface area contributed by atoms with Crippen LogP contribution in [0, 0.1) is 22.7 Å². The van der Waals surface area contributed by atoms with Crippen molar-refractivity contribution in [2.45, 2.75) is 46.0 Å². The van der Waals surface area contributed by atoms with Crippen LogP contribution in [-0.2, 0) is 4.79 Å². The summed E-state index contributed by atoms with van der Waals surface area (Å²) >= 11 is 0. The van der Waals surface area contributed by atoms with Gasteiger partial charge in [-0.2, -0.15) is 0 Å². The van der Waals surface area contributed by atoms with Crippen molar-refractivity contribution in [2.24, 2.45) is 22.7 Å². The van der Waals surface area contributed by atoms with Crippen molar-refractivity contribution in [3.8, 4) is 0 Å². The maximum absolute atomic E-state index is 11.7. The van der Waals surface area contributed by atoms with Gasteiger partial charge in [-0.1, -0.05) is 26.7 Å². The van der Waals surface area contributed by atoms with Crippen LogP contribution in [0.3, 0.4) is 0 Å². The average Bonchev–Trinajstić information content (AvgIpc) is 2.43. The molecular weight excluding hydrogens is 160 g/mol. The third kappa shape index (κ3) is 0.628. The first kappa shape index (κ1) is 8.02. The molecule has 0 bridgehead atoms. The van der Waals surface area contributed by atoms with Gasteiger partial charge in [-0.25, -0.2) is 0 Å². The number of carbonyl (C=O) groups excluding carboxylic acids is 1. The molecule has 0 aromatic carbocycles. The van der Waals surface area contributed by atoms with Gasteiger partial charge in [-0.3, -0.25) is 4.79 Å². The summed E-state index contributed by atoms with van der Waals surface area (Å²) < 4.78 is 0. The summed E-state index contributed by atoms with van der Waals surface area (Å²) in [4.78, 5) is 11.7. The number of hydrogen-bond donors (Lipinski definition) is 0. The lowest BCUT2D eigenvalue weighted by atomic mass is 9.72. The summed E-state index contributed by atoms with van der Waals surface area (Å²) in [7, 11) is 0. The molecule has 0 saturated heterocycles. The van der Waals surface area contributed by atoms with Crippen molar-refractivity contribution in [3.05, 3.63) is 0 Å². The third-order valence-corrected chi connectivity index (χ3v) is 5.45. The fraction of sp³-hybridized carbons (Fsp3) is 0.917. The van der Waals surface area contributed by atoms with Gasteiger partial charge in [0.05, 0.1) is 0 Å². The van der Waals surface area contributed by atoms with E-state index >= 15 is 0 Å². The van der Waals surface area contributed by atoms with Gasteiger partial charge in [0.2, 0.25) is 0 Å². The summed E-state index contributed by atoms with van der Waals surface area (Å²) in [5.74, 6) is 1.86. The Bertz CT molecular complexity index is 283. The van der Waals surface area contributed by atoms with E-state index in [1.807, 2.05) is 0 Å². The zero-order chi connectivity index (χ0) is 9.27. The highest BCUT2D eigenvalue weighted by Crippen LogP contribution is 2.82. The second kappa shape index (κ2) is 2.02. The Kier molecular flexibility index (Phi) is 1.24. The SMILES string of the molecule is C[C@@H]1CCC[C@]2(C)C3C(=O)CCC312. The Morgan fingerprint density at radius 1 is 1.38 bits per heavy atom. The van der Waals surface area contributed by atoms with Crippen molar-refractivity contribution >= 4 is 5.78 Å². The Morgan fingerprint density at radius 2 is 2.15 bits per heavy atom. The van der Waals surface area contributed by atoms with E-state index in [-0.39, 0.29) is 0 Å². The summed E-state index contributed by atoms with van der Waals surface area (Å²) in [6.45, 7) is 4.74. The van der Waals surface area contributed by atoms with Gasteiger partial charge >= 0.3 is 0 Å². The molecule has 0 aliphatic heterocycles. The molecule has 4 atom stereocenters. The molecule has 0 N–H and O–H groups in total. The van der Waals surface area contributed by atoms with Crippen molar-refractivity contribution in [2.75, 3.05) is 0 Å². The Morgan fingerprint density at radius 3 is 2.85 bits per heavy atom. The third-order valence-electron chi connectivity index (χ3n) is 5.45. The minimum atomic E-state index is 0.431.